The second-order valence-electron chi connectivity index (χ2n) is 9.73. The average Bonchev–Trinajstić information content (AvgIpc) is 2.78. The molecular weight excluding hydrogens is 430 g/mol. The third-order valence-corrected chi connectivity index (χ3v) is 6.25. The van der Waals surface area contributed by atoms with Crippen LogP contribution in [0.5, 0.6) is 0 Å². The lowest BCUT2D eigenvalue weighted by Crippen LogP contribution is -2.41. The van der Waals surface area contributed by atoms with Crippen molar-refractivity contribution in [1.29, 1.82) is 0 Å². The van der Waals surface area contributed by atoms with E-state index in [2.05, 4.69) is 18.0 Å². The maximum absolute atomic E-state index is 12.7. The van der Waals surface area contributed by atoms with Crippen molar-refractivity contribution in [2.75, 3.05) is 0 Å². The van der Waals surface area contributed by atoms with Crippen LogP contribution in [0.25, 0.3) is 0 Å². The van der Waals surface area contributed by atoms with Gasteiger partial charge in [-0.15, -0.1) is 0 Å². The molecule has 6 heteroatoms. The first kappa shape index (κ1) is 27.5. The fourth-order valence-corrected chi connectivity index (χ4v) is 4.01. The number of rotatable bonds is 5. The van der Waals surface area contributed by atoms with Gasteiger partial charge in [0, 0.05) is 37.1 Å². The summed E-state index contributed by atoms with van der Waals surface area (Å²) in [6.45, 7) is 10.9. The number of hydrogen-bond donors (Lipinski definition) is 1. The zero-order valence-corrected chi connectivity index (χ0v) is 21.2. The molecule has 1 aliphatic heterocycles. The first-order valence-corrected chi connectivity index (χ1v) is 12.0. The smallest absolute Gasteiger partial charge is 0.306 e. The molecule has 34 heavy (non-hydrogen) atoms. The zero-order chi connectivity index (χ0) is 25.3. The SMILES string of the molecule is CC(=O)O[C@H]1/C=C/[C@H](C)[C@@H](/C(C)=C/C=C/[C@H](C)c2ccccn2)OC(=O)C[C@H](C)CC[C@@]1(C)O. The van der Waals surface area contributed by atoms with Gasteiger partial charge >= 0.3 is 11.9 Å². The Balaban J connectivity index is 2.29. The summed E-state index contributed by atoms with van der Waals surface area (Å²) < 4.78 is 11.3. The van der Waals surface area contributed by atoms with Crippen molar-refractivity contribution in [3.63, 3.8) is 0 Å². The topological polar surface area (TPSA) is 85.7 Å². The number of ether oxygens (including phenoxy) is 2. The van der Waals surface area contributed by atoms with E-state index in [1.165, 1.54) is 6.92 Å². The Bertz CT molecular complexity index is 903. The standard InChI is InChI=1S/C28H39NO5/c1-19-15-16-28(6,32)25(33-23(5)30)14-13-22(4)27(34-26(31)18-19)21(3)11-9-10-20(2)24-12-7-8-17-29-24/h7-14,17,19-20,22,25,27,32H,15-16,18H2,1-6H3/b10-9+,14-13+,21-11+/t19-,20+,22+,25+,27-,28-/m1/s1. The lowest BCUT2D eigenvalue weighted by Gasteiger charge is -2.32. The van der Waals surface area contributed by atoms with Gasteiger partial charge in [-0.2, -0.15) is 0 Å². The van der Waals surface area contributed by atoms with Crippen LogP contribution in [0.1, 0.15) is 72.4 Å². The molecule has 6 atom stereocenters. The lowest BCUT2D eigenvalue weighted by molar-refractivity contribution is -0.156. The monoisotopic (exact) mass is 469 g/mol. The van der Waals surface area contributed by atoms with Crippen LogP contribution >= 0.6 is 0 Å². The van der Waals surface area contributed by atoms with E-state index in [1.54, 1.807) is 19.2 Å². The number of carbonyl (C=O) groups excluding carboxylic acids is 2. The Hall–Kier alpha value is -2.73. The summed E-state index contributed by atoms with van der Waals surface area (Å²) in [5.74, 6) is -0.721. The maximum Gasteiger partial charge on any atom is 0.306 e. The summed E-state index contributed by atoms with van der Waals surface area (Å²) in [5.41, 5.74) is 0.649. The number of hydrogen-bond acceptors (Lipinski definition) is 6. The number of aromatic nitrogens is 1. The Morgan fingerprint density at radius 1 is 1.29 bits per heavy atom. The number of cyclic esters (lactones) is 1. The van der Waals surface area contributed by atoms with Crippen LogP contribution in [-0.2, 0) is 19.1 Å². The van der Waals surface area contributed by atoms with Gasteiger partial charge in [0.05, 0.1) is 0 Å². The highest BCUT2D eigenvalue weighted by atomic mass is 16.6. The van der Waals surface area contributed by atoms with Crippen molar-refractivity contribution in [2.24, 2.45) is 11.8 Å². The second-order valence-corrected chi connectivity index (χ2v) is 9.73. The molecule has 6 nitrogen and oxygen atoms in total. The molecule has 186 valence electrons. The molecule has 2 rings (SSSR count). The number of aliphatic hydroxyl groups is 1. The van der Waals surface area contributed by atoms with Crippen molar-refractivity contribution in [1.82, 2.24) is 4.98 Å². The summed E-state index contributed by atoms with van der Waals surface area (Å²) in [5, 5.41) is 11.0. The molecule has 0 bridgehead atoms. The molecule has 1 aliphatic rings. The van der Waals surface area contributed by atoms with E-state index in [0.717, 1.165) is 11.3 Å². The van der Waals surface area contributed by atoms with Gasteiger partial charge in [0.25, 0.3) is 0 Å². The Morgan fingerprint density at radius 3 is 2.68 bits per heavy atom. The number of nitrogens with zero attached hydrogens (tertiary/aromatic N) is 1. The Kier molecular flexibility index (Phi) is 10.2. The largest absolute Gasteiger partial charge is 0.457 e. The van der Waals surface area contributed by atoms with Crippen molar-refractivity contribution >= 4 is 11.9 Å². The van der Waals surface area contributed by atoms with E-state index in [1.807, 2.05) is 57.2 Å². The molecule has 0 fully saturated rings. The minimum Gasteiger partial charge on any atom is -0.457 e. The minimum absolute atomic E-state index is 0.0275. The molecule has 0 saturated carbocycles. The summed E-state index contributed by atoms with van der Waals surface area (Å²) in [7, 11) is 0. The summed E-state index contributed by atoms with van der Waals surface area (Å²) >= 11 is 0. The Morgan fingerprint density at radius 2 is 2.03 bits per heavy atom. The van der Waals surface area contributed by atoms with Crippen molar-refractivity contribution in [2.45, 2.75) is 84.5 Å². The van der Waals surface area contributed by atoms with E-state index >= 15 is 0 Å². The van der Waals surface area contributed by atoms with Crippen molar-refractivity contribution < 1.29 is 24.2 Å². The van der Waals surface area contributed by atoms with Crippen molar-refractivity contribution in [3.8, 4) is 0 Å². The molecule has 1 aromatic heterocycles. The van der Waals surface area contributed by atoms with Crippen LogP contribution in [-0.4, -0.2) is 39.8 Å². The van der Waals surface area contributed by atoms with Gasteiger partial charge in [0.1, 0.15) is 17.8 Å². The molecule has 0 aromatic carbocycles. The first-order valence-electron chi connectivity index (χ1n) is 12.0. The molecule has 0 amide bonds. The predicted octanol–water partition coefficient (Wildman–Crippen LogP) is 5.29. The summed E-state index contributed by atoms with van der Waals surface area (Å²) in [6.07, 6.45) is 11.3. The molecule has 1 aromatic rings. The summed E-state index contributed by atoms with van der Waals surface area (Å²) in [4.78, 5) is 28.7. The average molecular weight is 470 g/mol. The number of carbonyl (C=O) groups is 2. The van der Waals surface area contributed by atoms with Crippen LogP contribution in [0.3, 0.4) is 0 Å². The molecule has 1 N–H and O–H groups in total. The van der Waals surface area contributed by atoms with Crippen LogP contribution < -0.4 is 0 Å². The fourth-order valence-electron chi connectivity index (χ4n) is 4.01. The van der Waals surface area contributed by atoms with E-state index < -0.39 is 23.8 Å². The zero-order valence-electron chi connectivity index (χ0n) is 21.2. The van der Waals surface area contributed by atoms with Crippen LogP contribution in [0.4, 0.5) is 0 Å². The predicted molar refractivity (Wildman–Crippen MR) is 133 cm³/mol. The molecular formula is C28H39NO5. The molecule has 0 aliphatic carbocycles. The molecule has 0 saturated heterocycles. The van der Waals surface area contributed by atoms with Gasteiger partial charge < -0.3 is 14.6 Å². The van der Waals surface area contributed by atoms with Crippen LogP contribution in [0.2, 0.25) is 0 Å². The molecule has 2 heterocycles. The van der Waals surface area contributed by atoms with Gasteiger partial charge in [-0.1, -0.05) is 51.1 Å². The third kappa shape index (κ3) is 8.56. The third-order valence-electron chi connectivity index (χ3n) is 6.25. The van der Waals surface area contributed by atoms with Crippen LogP contribution in [0.15, 0.2) is 60.3 Å². The van der Waals surface area contributed by atoms with Gasteiger partial charge in [-0.25, -0.2) is 0 Å². The van der Waals surface area contributed by atoms with E-state index in [4.69, 9.17) is 9.47 Å². The van der Waals surface area contributed by atoms with Crippen molar-refractivity contribution in [3.05, 3.63) is 66.0 Å². The highest BCUT2D eigenvalue weighted by molar-refractivity contribution is 5.70. The summed E-state index contributed by atoms with van der Waals surface area (Å²) in [6, 6.07) is 5.85. The van der Waals surface area contributed by atoms with E-state index in [-0.39, 0.29) is 30.1 Å². The number of pyridine rings is 1. The second kappa shape index (κ2) is 12.7. The number of allylic oxidation sites excluding steroid dienone is 3. The quantitative estimate of drug-likeness (QED) is 0.358. The molecule has 0 radical (unpaired) electrons. The minimum atomic E-state index is -1.23. The molecule has 0 spiro atoms. The van der Waals surface area contributed by atoms with Gasteiger partial charge in [0.15, 0.2) is 0 Å². The highest BCUT2D eigenvalue weighted by Gasteiger charge is 2.34. The lowest BCUT2D eigenvalue weighted by atomic mass is 9.87. The van der Waals surface area contributed by atoms with E-state index in [9.17, 15) is 14.7 Å². The molecule has 0 unspecified atom stereocenters. The highest BCUT2D eigenvalue weighted by Crippen LogP contribution is 2.28. The van der Waals surface area contributed by atoms with Crippen LogP contribution in [0, 0.1) is 11.8 Å². The van der Waals surface area contributed by atoms with E-state index in [0.29, 0.717) is 12.8 Å². The maximum atomic E-state index is 12.7. The van der Waals surface area contributed by atoms with Gasteiger partial charge in [-0.05, 0) is 56.4 Å². The number of esters is 2. The normalized spacial score (nSPS) is 31.1. The Labute approximate surface area is 203 Å². The van der Waals surface area contributed by atoms with Gasteiger partial charge in [-0.3, -0.25) is 14.6 Å². The van der Waals surface area contributed by atoms with Gasteiger partial charge in [0.2, 0.25) is 0 Å². The fraction of sp³-hybridized carbons (Fsp3) is 0.536. The first-order chi connectivity index (χ1) is 16.0.